The first-order valence-electron chi connectivity index (χ1n) is 7.34. The average Bonchev–Trinajstić information content (AvgIpc) is 3.01. The number of nitrogens with zero attached hydrogens (tertiary/aromatic N) is 1. The number of fused-ring (bicyclic) bond motifs is 1. The average molecular weight is 380 g/mol. The highest BCUT2D eigenvalue weighted by Gasteiger charge is 2.21. The zero-order valence-electron chi connectivity index (χ0n) is 14.1. The van der Waals surface area contributed by atoms with E-state index in [0.29, 0.717) is 10.4 Å². The molecule has 136 valence electrons. The van der Waals surface area contributed by atoms with Crippen LogP contribution in [-0.4, -0.2) is 32.2 Å². The summed E-state index contributed by atoms with van der Waals surface area (Å²) in [4.78, 5) is 16.7. The number of carbonyl (C=O) groups excluding carboxylic acids is 1. The minimum atomic E-state index is -0.998. The third-order valence-electron chi connectivity index (χ3n) is 3.60. The lowest BCUT2D eigenvalue weighted by molar-refractivity contribution is 0.102. The van der Waals surface area contributed by atoms with Crippen LogP contribution in [0.25, 0.3) is 10.2 Å². The van der Waals surface area contributed by atoms with Crippen LogP contribution in [0.15, 0.2) is 24.3 Å². The molecule has 0 aliphatic carbocycles. The number of hydrogen-bond donors (Lipinski definition) is 1. The van der Waals surface area contributed by atoms with Crippen LogP contribution in [0.5, 0.6) is 17.2 Å². The van der Waals surface area contributed by atoms with Crippen molar-refractivity contribution in [3.05, 3.63) is 41.5 Å². The maximum Gasteiger partial charge on any atom is 0.261 e. The molecule has 0 bridgehead atoms. The number of nitrogens with one attached hydrogen (secondary N) is 1. The van der Waals surface area contributed by atoms with Crippen LogP contribution in [0.1, 0.15) is 10.4 Å². The molecule has 2 aromatic carbocycles. The van der Waals surface area contributed by atoms with E-state index in [1.807, 2.05) is 0 Å². The van der Waals surface area contributed by atoms with Gasteiger partial charge in [-0.15, -0.1) is 0 Å². The van der Waals surface area contributed by atoms with E-state index in [4.69, 9.17) is 14.2 Å². The van der Waals surface area contributed by atoms with Crippen LogP contribution in [0, 0.1) is 11.6 Å². The third kappa shape index (κ3) is 3.13. The summed E-state index contributed by atoms with van der Waals surface area (Å²) in [6.45, 7) is 0. The first-order chi connectivity index (χ1) is 12.5. The zero-order valence-corrected chi connectivity index (χ0v) is 14.9. The summed E-state index contributed by atoms with van der Waals surface area (Å²) >= 11 is 1.03. The molecule has 0 aliphatic heterocycles. The number of amides is 1. The fourth-order valence-electron chi connectivity index (χ4n) is 2.42. The van der Waals surface area contributed by atoms with Crippen molar-refractivity contribution in [1.82, 2.24) is 4.98 Å². The predicted octanol–water partition coefficient (Wildman–Crippen LogP) is 3.85. The highest BCUT2D eigenvalue weighted by Crippen LogP contribution is 2.40. The molecule has 1 N–H and O–H groups in total. The zero-order chi connectivity index (χ0) is 18.8. The van der Waals surface area contributed by atoms with Gasteiger partial charge in [0, 0.05) is 6.07 Å². The van der Waals surface area contributed by atoms with Gasteiger partial charge in [-0.3, -0.25) is 10.1 Å². The molecule has 0 radical (unpaired) electrons. The van der Waals surface area contributed by atoms with Gasteiger partial charge in [0.2, 0.25) is 5.75 Å². The first kappa shape index (κ1) is 17.9. The van der Waals surface area contributed by atoms with Crippen molar-refractivity contribution < 1.29 is 27.8 Å². The van der Waals surface area contributed by atoms with E-state index < -0.39 is 17.5 Å². The molecule has 0 fully saturated rings. The Morgan fingerprint density at radius 2 is 1.73 bits per heavy atom. The number of anilines is 1. The van der Waals surface area contributed by atoms with Gasteiger partial charge < -0.3 is 14.2 Å². The van der Waals surface area contributed by atoms with E-state index >= 15 is 0 Å². The van der Waals surface area contributed by atoms with Gasteiger partial charge in [-0.25, -0.2) is 13.8 Å². The summed E-state index contributed by atoms with van der Waals surface area (Å²) in [5, 5.41) is 2.80. The summed E-state index contributed by atoms with van der Waals surface area (Å²) in [6, 6.07) is 5.10. The van der Waals surface area contributed by atoms with E-state index in [-0.39, 0.29) is 27.7 Å². The number of methoxy groups -OCH3 is 3. The van der Waals surface area contributed by atoms with Crippen molar-refractivity contribution in [2.45, 2.75) is 0 Å². The van der Waals surface area contributed by atoms with Crippen molar-refractivity contribution in [3.63, 3.8) is 0 Å². The molecule has 0 atom stereocenters. The van der Waals surface area contributed by atoms with E-state index in [1.165, 1.54) is 27.4 Å². The van der Waals surface area contributed by atoms with Crippen LogP contribution in [0.3, 0.4) is 0 Å². The smallest absolute Gasteiger partial charge is 0.261 e. The fourth-order valence-corrected chi connectivity index (χ4v) is 3.29. The number of benzene rings is 2. The highest BCUT2D eigenvalue weighted by molar-refractivity contribution is 7.22. The van der Waals surface area contributed by atoms with Gasteiger partial charge in [0.25, 0.3) is 5.91 Å². The number of carbonyl (C=O) groups is 1. The lowest BCUT2D eigenvalue weighted by Gasteiger charge is -2.15. The predicted molar refractivity (Wildman–Crippen MR) is 93.6 cm³/mol. The van der Waals surface area contributed by atoms with E-state index in [9.17, 15) is 13.6 Å². The molecule has 26 heavy (non-hydrogen) atoms. The minimum absolute atomic E-state index is 0.196. The summed E-state index contributed by atoms with van der Waals surface area (Å²) < 4.78 is 42.7. The Bertz CT molecular complexity index is 952. The molecular formula is C17H14F2N2O4S. The second kappa shape index (κ2) is 7.12. The molecule has 0 unspecified atom stereocenters. The van der Waals surface area contributed by atoms with E-state index in [2.05, 4.69) is 10.3 Å². The van der Waals surface area contributed by atoms with Crippen molar-refractivity contribution in [2.75, 3.05) is 26.6 Å². The van der Waals surface area contributed by atoms with Crippen molar-refractivity contribution in [1.29, 1.82) is 0 Å². The lowest BCUT2D eigenvalue weighted by atomic mass is 10.1. The molecule has 3 aromatic rings. The largest absolute Gasteiger partial charge is 0.493 e. The van der Waals surface area contributed by atoms with Gasteiger partial charge in [0.15, 0.2) is 28.3 Å². The topological polar surface area (TPSA) is 69.7 Å². The Morgan fingerprint density at radius 1 is 1.04 bits per heavy atom. The van der Waals surface area contributed by atoms with Gasteiger partial charge in [0.1, 0.15) is 0 Å². The van der Waals surface area contributed by atoms with Crippen LogP contribution in [0.4, 0.5) is 13.9 Å². The monoisotopic (exact) mass is 380 g/mol. The standard InChI is InChI=1S/C17H14F2N2O4S/c1-23-12-5-4-8(14(24-2)15(12)25-3)16(22)21-17-20-11-6-9(18)10(19)7-13(11)26-17/h4-7H,1-3H3,(H,20,21,22). The SMILES string of the molecule is COc1ccc(C(=O)Nc2nc3cc(F)c(F)cc3s2)c(OC)c1OC. The van der Waals surface area contributed by atoms with E-state index in [1.54, 1.807) is 6.07 Å². The van der Waals surface area contributed by atoms with Crippen molar-refractivity contribution in [2.24, 2.45) is 0 Å². The Morgan fingerprint density at radius 3 is 2.38 bits per heavy atom. The van der Waals surface area contributed by atoms with Gasteiger partial charge in [-0.05, 0) is 18.2 Å². The van der Waals surface area contributed by atoms with Crippen LogP contribution in [-0.2, 0) is 0 Å². The number of hydrogen-bond acceptors (Lipinski definition) is 6. The first-order valence-corrected chi connectivity index (χ1v) is 8.16. The Labute approximate surface area is 151 Å². The molecule has 0 aliphatic rings. The summed E-state index contributed by atoms with van der Waals surface area (Å²) in [5.74, 6) is -1.60. The van der Waals surface area contributed by atoms with Gasteiger partial charge in [-0.2, -0.15) is 0 Å². The summed E-state index contributed by atoms with van der Waals surface area (Å²) in [5.41, 5.74) is 0.449. The number of thiazole rings is 1. The number of aromatic nitrogens is 1. The molecule has 1 aromatic heterocycles. The molecule has 0 saturated carbocycles. The maximum absolute atomic E-state index is 13.3. The molecule has 6 nitrogen and oxygen atoms in total. The highest BCUT2D eigenvalue weighted by atomic mass is 32.1. The second-order valence-corrected chi connectivity index (χ2v) is 6.12. The fraction of sp³-hybridized carbons (Fsp3) is 0.176. The molecule has 1 amide bonds. The number of rotatable bonds is 5. The normalized spacial score (nSPS) is 10.7. The Kier molecular flexibility index (Phi) is 4.90. The molecule has 0 saturated heterocycles. The summed E-state index contributed by atoms with van der Waals surface area (Å²) in [7, 11) is 4.30. The van der Waals surface area contributed by atoms with Crippen LogP contribution in [0.2, 0.25) is 0 Å². The Balaban J connectivity index is 1.95. The summed E-state index contributed by atoms with van der Waals surface area (Å²) in [6.07, 6.45) is 0. The molecule has 9 heteroatoms. The third-order valence-corrected chi connectivity index (χ3v) is 4.53. The number of ether oxygens (including phenoxy) is 3. The molecule has 0 spiro atoms. The van der Waals surface area contributed by atoms with Crippen molar-refractivity contribution >= 4 is 32.6 Å². The minimum Gasteiger partial charge on any atom is -0.493 e. The van der Waals surface area contributed by atoms with E-state index in [0.717, 1.165) is 23.5 Å². The number of halogens is 2. The molecular weight excluding hydrogens is 366 g/mol. The van der Waals surface area contributed by atoms with Gasteiger partial charge in [-0.1, -0.05) is 11.3 Å². The lowest BCUT2D eigenvalue weighted by Crippen LogP contribution is -2.13. The van der Waals surface area contributed by atoms with Crippen molar-refractivity contribution in [3.8, 4) is 17.2 Å². The molecule has 3 rings (SSSR count). The van der Waals surface area contributed by atoms with Gasteiger partial charge >= 0.3 is 0 Å². The van der Waals surface area contributed by atoms with Crippen LogP contribution >= 0.6 is 11.3 Å². The maximum atomic E-state index is 13.3. The quantitative estimate of drug-likeness (QED) is 0.728. The Hall–Kier alpha value is -2.94. The molecule has 1 heterocycles. The van der Waals surface area contributed by atoms with Crippen LogP contribution < -0.4 is 19.5 Å². The van der Waals surface area contributed by atoms with Gasteiger partial charge in [0.05, 0.1) is 37.1 Å². The second-order valence-electron chi connectivity index (χ2n) is 5.09.